The van der Waals surface area contributed by atoms with Crippen LogP contribution in [0.5, 0.6) is 0 Å². The fourth-order valence-corrected chi connectivity index (χ4v) is 2.80. The van der Waals surface area contributed by atoms with E-state index < -0.39 is 0 Å². The Morgan fingerprint density at radius 1 is 1.39 bits per heavy atom. The Hall–Kier alpha value is -0.320. The van der Waals surface area contributed by atoms with Crippen molar-refractivity contribution >= 4 is 24.0 Å². The van der Waals surface area contributed by atoms with Crippen molar-refractivity contribution in [3.05, 3.63) is 34.3 Å². The molecule has 0 bridgehead atoms. The lowest BCUT2D eigenvalue weighted by Gasteiger charge is -2.35. The predicted octanol–water partition coefficient (Wildman–Crippen LogP) is 2.01. The molecule has 1 heterocycles. The SMILES string of the molecule is Cc1cccc(Cl)c1[C@H](CO)N1CCNCC1.Cl. The summed E-state index contributed by atoms with van der Waals surface area (Å²) in [5.74, 6) is 0. The second-order valence-corrected chi connectivity index (χ2v) is 4.86. The highest BCUT2D eigenvalue weighted by atomic mass is 35.5. The number of aryl methyl sites for hydroxylation is 1. The third-order valence-electron chi connectivity index (χ3n) is 3.37. The Bertz CT molecular complexity index is 361. The highest BCUT2D eigenvalue weighted by molar-refractivity contribution is 6.31. The maximum atomic E-state index is 9.66. The zero-order valence-electron chi connectivity index (χ0n) is 10.5. The van der Waals surface area contributed by atoms with Crippen molar-refractivity contribution in [1.29, 1.82) is 0 Å². The van der Waals surface area contributed by atoms with Crippen molar-refractivity contribution in [3.8, 4) is 0 Å². The van der Waals surface area contributed by atoms with Crippen LogP contribution in [0.25, 0.3) is 0 Å². The smallest absolute Gasteiger partial charge is 0.0629 e. The van der Waals surface area contributed by atoms with Crippen molar-refractivity contribution in [1.82, 2.24) is 10.2 Å². The lowest BCUT2D eigenvalue weighted by molar-refractivity contribution is 0.110. The quantitative estimate of drug-likeness (QED) is 0.894. The number of hydrogen-bond acceptors (Lipinski definition) is 3. The number of aliphatic hydroxyl groups is 1. The largest absolute Gasteiger partial charge is 0.394 e. The summed E-state index contributed by atoms with van der Waals surface area (Å²) in [5.41, 5.74) is 2.22. The van der Waals surface area contributed by atoms with Gasteiger partial charge in [-0.1, -0.05) is 23.7 Å². The van der Waals surface area contributed by atoms with E-state index in [9.17, 15) is 5.11 Å². The Balaban J connectivity index is 0.00000162. The molecule has 5 heteroatoms. The van der Waals surface area contributed by atoms with Gasteiger partial charge in [0.1, 0.15) is 0 Å². The fraction of sp³-hybridized carbons (Fsp3) is 0.538. The number of benzene rings is 1. The van der Waals surface area contributed by atoms with Crippen LogP contribution < -0.4 is 5.32 Å². The fourth-order valence-electron chi connectivity index (χ4n) is 2.45. The Labute approximate surface area is 120 Å². The number of halogens is 2. The van der Waals surface area contributed by atoms with Crippen LogP contribution in [0, 0.1) is 6.92 Å². The van der Waals surface area contributed by atoms with Crippen LogP contribution in [0.15, 0.2) is 18.2 Å². The normalized spacial score (nSPS) is 18.2. The minimum atomic E-state index is 0. The first-order valence-corrected chi connectivity index (χ1v) is 6.42. The topological polar surface area (TPSA) is 35.5 Å². The molecule has 18 heavy (non-hydrogen) atoms. The molecule has 0 unspecified atom stereocenters. The molecule has 0 aliphatic carbocycles. The van der Waals surface area contributed by atoms with Gasteiger partial charge in [-0.3, -0.25) is 4.90 Å². The van der Waals surface area contributed by atoms with E-state index in [-0.39, 0.29) is 25.1 Å². The average Bonchev–Trinajstić information content (AvgIpc) is 2.35. The Morgan fingerprint density at radius 3 is 2.61 bits per heavy atom. The van der Waals surface area contributed by atoms with E-state index in [2.05, 4.69) is 10.2 Å². The van der Waals surface area contributed by atoms with Gasteiger partial charge in [-0.2, -0.15) is 0 Å². The Kier molecular flexibility index (Phi) is 6.39. The highest BCUT2D eigenvalue weighted by Gasteiger charge is 2.24. The molecule has 2 N–H and O–H groups in total. The van der Waals surface area contributed by atoms with Gasteiger partial charge in [0.05, 0.1) is 12.6 Å². The molecule has 0 amide bonds. The molecular weight excluding hydrogens is 271 g/mol. The minimum absolute atomic E-state index is 0. The summed E-state index contributed by atoms with van der Waals surface area (Å²) in [4.78, 5) is 2.30. The van der Waals surface area contributed by atoms with Crippen molar-refractivity contribution in [3.63, 3.8) is 0 Å². The average molecular weight is 291 g/mol. The molecule has 0 aromatic heterocycles. The predicted molar refractivity (Wildman–Crippen MR) is 77.7 cm³/mol. The van der Waals surface area contributed by atoms with Gasteiger partial charge in [0.25, 0.3) is 0 Å². The zero-order valence-corrected chi connectivity index (χ0v) is 12.1. The number of piperazine rings is 1. The van der Waals surface area contributed by atoms with Crippen molar-refractivity contribution < 1.29 is 5.11 Å². The van der Waals surface area contributed by atoms with E-state index in [1.54, 1.807) is 0 Å². The second kappa shape index (κ2) is 7.31. The standard InChI is InChI=1S/C13H19ClN2O.ClH/c1-10-3-2-4-11(14)13(10)12(9-17)16-7-5-15-6-8-16;/h2-4,12,15,17H,5-9H2,1H3;1H/t12-;/m0./s1. The first-order chi connectivity index (χ1) is 8.24. The molecule has 2 rings (SSSR count). The number of nitrogens with one attached hydrogen (secondary N) is 1. The van der Waals surface area contributed by atoms with E-state index in [0.29, 0.717) is 0 Å². The molecule has 1 saturated heterocycles. The van der Waals surface area contributed by atoms with E-state index in [4.69, 9.17) is 11.6 Å². The minimum Gasteiger partial charge on any atom is -0.394 e. The van der Waals surface area contributed by atoms with Gasteiger partial charge in [-0.25, -0.2) is 0 Å². The van der Waals surface area contributed by atoms with Gasteiger partial charge < -0.3 is 10.4 Å². The van der Waals surface area contributed by atoms with Crippen molar-refractivity contribution in [2.24, 2.45) is 0 Å². The van der Waals surface area contributed by atoms with Crippen LogP contribution in [-0.4, -0.2) is 42.8 Å². The zero-order chi connectivity index (χ0) is 12.3. The first kappa shape index (κ1) is 15.7. The van der Waals surface area contributed by atoms with E-state index >= 15 is 0 Å². The molecule has 0 radical (unpaired) electrons. The van der Waals surface area contributed by atoms with Crippen molar-refractivity contribution in [2.45, 2.75) is 13.0 Å². The molecule has 1 atom stereocenters. The second-order valence-electron chi connectivity index (χ2n) is 4.45. The summed E-state index contributed by atoms with van der Waals surface area (Å²) in [6, 6.07) is 5.92. The number of aliphatic hydroxyl groups excluding tert-OH is 1. The van der Waals surface area contributed by atoms with Gasteiger partial charge >= 0.3 is 0 Å². The molecule has 1 aromatic rings. The van der Waals surface area contributed by atoms with E-state index in [0.717, 1.165) is 42.3 Å². The molecule has 1 fully saturated rings. The molecular formula is C13H20Cl2N2O. The summed E-state index contributed by atoms with van der Waals surface area (Å²) < 4.78 is 0. The molecule has 102 valence electrons. The maximum Gasteiger partial charge on any atom is 0.0629 e. The molecule has 3 nitrogen and oxygen atoms in total. The first-order valence-electron chi connectivity index (χ1n) is 6.04. The van der Waals surface area contributed by atoms with Gasteiger partial charge in [0.15, 0.2) is 0 Å². The summed E-state index contributed by atoms with van der Waals surface area (Å²) in [6.07, 6.45) is 0. The highest BCUT2D eigenvalue weighted by Crippen LogP contribution is 2.30. The molecule has 0 saturated carbocycles. The van der Waals surface area contributed by atoms with Crippen molar-refractivity contribution in [2.75, 3.05) is 32.8 Å². The van der Waals surface area contributed by atoms with Crippen LogP contribution in [0.4, 0.5) is 0 Å². The summed E-state index contributed by atoms with van der Waals surface area (Å²) in [6.45, 7) is 6.02. The van der Waals surface area contributed by atoms with E-state index in [1.807, 2.05) is 25.1 Å². The number of nitrogens with zero attached hydrogens (tertiary/aromatic N) is 1. The van der Waals surface area contributed by atoms with Crippen LogP contribution in [0.2, 0.25) is 5.02 Å². The lowest BCUT2D eigenvalue weighted by atomic mass is 10.00. The van der Waals surface area contributed by atoms with E-state index in [1.165, 1.54) is 0 Å². The lowest BCUT2D eigenvalue weighted by Crippen LogP contribution is -2.46. The monoisotopic (exact) mass is 290 g/mol. The number of rotatable bonds is 3. The van der Waals surface area contributed by atoms with Gasteiger partial charge in [0.2, 0.25) is 0 Å². The third kappa shape index (κ3) is 3.37. The summed E-state index contributed by atoms with van der Waals surface area (Å²) in [5, 5.41) is 13.7. The van der Waals surface area contributed by atoms with Crippen LogP contribution in [0.1, 0.15) is 17.2 Å². The Morgan fingerprint density at radius 2 is 2.06 bits per heavy atom. The summed E-state index contributed by atoms with van der Waals surface area (Å²) in [7, 11) is 0. The summed E-state index contributed by atoms with van der Waals surface area (Å²) >= 11 is 6.27. The van der Waals surface area contributed by atoms with Gasteiger partial charge in [0, 0.05) is 31.2 Å². The maximum absolute atomic E-state index is 9.66. The van der Waals surface area contributed by atoms with Gasteiger partial charge in [-0.05, 0) is 24.1 Å². The number of hydrogen-bond donors (Lipinski definition) is 2. The molecule has 1 aliphatic heterocycles. The van der Waals surface area contributed by atoms with Gasteiger partial charge in [-0.15, -0.1) is 12.4 Å². The third-order valence-corrected chi connectivity index (χ3v) is 3.70. The van der Waals surface area contributed by atoms with Crippen LogP contribution >= 0.6 is 24.0 Å². The molecule has 1 aliphatic rings. The molecule has 1 aromatic carbocycles. The van der Waals surface area contributed by atoms with Crippen LogP contribution in [-0.2, 0) is 0 Å². The molecule has 0 spiro atoms. The van der Waals surface area contributed by atoms with Crippen LogP contribution in [0.3, 0.4) is 0 Å².